The van der Waals surface area contributed by atoms with Crippen LogP contribution in [-0.4, -0.2) is 24.7 Å². The van der Waals surface area contributed by atoms with E-state index in [1.165, 1.54) is 31.6 Å². The minimum absolute atomic E-state index is 0.195. The van der Waals surface area contributed by atoms with E-state index in [0.717, 1.165) is 15.1 Å². The second-order valence-electron chi connectivity index (χ2n) is 7.21. The van der Waals surface area contributed by atoms with Gasteiger partial charge in [0.2, 0.25) is 11.7 Å². The number of aromatic nitrogens is 4. The average molecular weight is 486 g/mol. The summed E-state index contributed by atoms with van der Waals surface area (Å²) in [5, 5.41) is 11.1. The molecule has 1 aromatic carbocycles. The average Bonchev–Trinajstić information content (AvgIpc) is 3.49. The Morgan fingerprint density at radius 3 is 2.75 bits per heavy atom. The van der Waals surface area contributed by atoms with Crippen LogP contribution in [0.1, 0.15) is 10.4 Å². The van der Waals surface area contributed by atoms with Crippen molar-refractivity contribution < 1.29 is 4.79 Å². The van der Waals surface area contributed by atoms with Crippen molar-refractivity contribution in [1.29, 1.82) is 0 Å². The minimum Gasteiger partial charge on any atom is -0.323 e. The van der Waals surface area contributed by atoms with Crippen LogP contribution in [0.2, 0.25) is 5.02 Å². The summed E-state index contributed by atoms with van der Waals surface area (Å²) >= 11 is 8.98. The first-order chi connectivity index (χ1) is 15.4. The molecule has 0 aliphatic carbocycles. The molecule has 1 N–H and O–H groups in total. The molecular formula is C21H16ClN5O3S2. The van der Waals surface area contributed by atoms with E-state index in [2.05, 4.69) is 10.4 Å². The van der Waals surface area contributed by atoms with Crippen LogP contribution in [0.4, 0.5) is 5.69 Å². The van der Waals surface area contributed by atoms with Gasteiger partial charge in [0.05, 0.1) is 22.8 Å². The molecule has 8 nitrogen and oxygen atoms in total. The maximum absolute atomic E-state index is 13.2. The lowest BCUT2D eigenvalue weighted by atomic mass is 10.2. The fourth-order valence-electron chi connectivity index (χ4n) is 3.49. The van der Waals surface area contributed by atoms with Crippen LogP contribution in [0.3, 0.4) is 0 Å². The maximum Gasteiger partial charge on any atom is 0.352 e. The molecule has 162 valence electrons. The van der Waals surface area contributed by atoms with Crippen molar-refractivity contribution in [2.75, 3.05) is 5.32 Å². The highest BCUT2D eigenvalue weighted by Crippen LogP contribution is 2.23. The van der Waals surface area contributed by atoms with Gasteiger partial charge in [-0.2, -0.15) is 0 Å². The fourth-order valence-corrected chi connectivity index (χ4v) is 5.28. The number of halogens is 1. The fraction of sp³-hybridized carbons (Fsp3) is 0.143. The van der Waals surface area contributed by atoms with Crippen molar-refractivity contribution in [1.82, 2.24) is 18.7 Å². The summed E-state index contributed by atoms with van der Waals surface area (Å²) in [6, 6.07) is 10.8. The summed E-state index contributed by atoms with van der Waals surface area (Å²) in [5.74, 6) is -0.254. The predicted octanol–water partition coefficient (Wildman–Crippen LogP) is 3.58. The normalized spacial score (nSPS) is 11.4. The Balaban J connectivity index is 1.57. The van der Waals surface area contributed by atoms with Crippen molar-refractivity contribution in [3.05, 3.63) is 83.5 Å². The number of hydrogen-bond acceptors (Lipinski definition) is 6. The Morgan fingerprint density at radius 1 is 1.16 bits per heavy atom. The molecule has 0 fully saturated rings. The van der Waals surface area contributed by atoms with Crippen LogP contribution in [0, 0.1) is 6.92 Å². The van der Waals surface area contributed by atoms with E-state index in [1.807, 2.05) is 30.5 Å². The van der Waals surface area contributed by atoms with E-state index in [-0.39, 0.29) is 24.4 Å². The number of amides is 1. The quantitative estimate of drug-likeness (QED) is 0.412. The zero-order valence-electron chi connectivity index (χ0n) is 16.7. The molecule has 32 heavy (non-hydrogen) atoms. The Morgan fingerprint density at radius 2 is 2.00 bits per heavy atom. The van der Waals surface area contributed by atoms with Crippen molar-refractivity contribution in [2.45, 2.75) is 20.0 Å². The third-order valence-electron chi connectivity index (χ3n) is 4.97. The second kappa shape index (κ2) is 8.05. The second-order valence-corrected chi connectivity index (χ2v) is 9.57. The predicted molar refractivity (Wildman–Crippen MR) is 127 cm³/mol. The number of rotatable bonds is 5. The molecule has 1 amide bonds. The molecule has 0 unspecified atom stereocenters. The molecule has 0 atom stereocenters. The minimum atomic E-state index is -0.492. The van der Waals surface area contributed by atoms with Gasteiger partial charge in [0.15, 0.2) is 0 Å². The van der Waals surface area contributed by atoms with Crippen LogP contribution in [0.25, 0.3) is 16.0 Å². The topological polar surface area (TPSA) is 90.4 Å². The smallest absolute Gasteiger partial charge is 0.323 e. The van der Waals surface area contributed by atoms with E-state index in [1.54, 1.807) is 23.6 Å². The molecule has 0 spiro atoms. The molecule has 11 heteroatoms. The summed E-state index contributed by atoms with van der Waals surface area (Å²) in [6.07, 6.45) is 0. The number of aryl methyl sites for hydroxylation is 1. The van der Waals surface area contributed by atoms with Gasteiger partial charge in [0, 0.05) is 4.88 Å². The zero-order valence-corrected chi connectivity index (χ0v) is 19.1. The van der Waals surface area contributed by atoms with Gasteiger partial charge in [0.1, 0.15) is 11.2 Å². The number of nitrogens with zero attached hydrogens (tertiary/aromatic N) is 4. The molecule has 0 aliphatic heterocycles. The lowest BCUT2D eigenvalue weighted by Gasteiger charge is -2.07. The lowest BCUT2D eigenvalue weighted by molar-refractivity contribution is -0.117. The van der Waals surface area contributed by atoms with E-state index in [0.29, 0.717) is 20.9 Å². The van der Waals surface area contributed by atoms with Crippen molar-refractivity contribution in [2.24, 2.45) is 0 Å². The molecule has 5 aromatic rings. The van der Waals surface area contributed by atoms with Gasteiger partial charge in [-0.1, -0.05) is 23.7 Å². The van der Waals surface area contributed by atoms with Gasteiger partial charge in [-0.3, -0.25) is 14.2 Å². The maximum atomic E-state index is 13.2. The third-order valence-corrected chi connectivity index (χ3v) is 7.04. The van der Waals surface area contributed by atoms with Gasteiger partial charge in [-0.15, -0.1) is 27.8 Å². The van der Waals surface area contributed by atoms with E-state index in [4.69, 9.17) is 11.6 Å². The SMILES string of the molecule is Cc1ccc(NC(=O)Cn2nc3n(Cc4cccs4)c(=O)c4sccc4n3c2=O)c(Cl)c1. The largest absolute Gasteiger partial charge is 0.352 e. The van der Waals surface area contributed by atoms with E-state index in [9.17, 15) is 14.4 Å². The van der Waals surface area contributed by atoms with Crippen molar-refractivity contribution >= 4 is 61.9 Å². The summed E-state index contributed by atoms with van der Waals surface area (Å²) in [5.41, 5.74) is 1.19. The highest BCUT2D eigenvalue weighted by Gasteiger charge is 2.20. The Hall–Kier alpha value is -3.21. The van der Waals surface area contributed by atoms with Crippen LogP contribution in [0.5, 0.6) is 0 Å². The van der Waals surface area contributed by atoms with Crippen LogP contribution in [-0.2, 0) is 17.9 Å². The number of nitrogens with one attached hydrogen (secondary N) is 1. The first-order valence-electron chi connectivity index (χ1n) is 9.60. The lowest BCUT2D eigenvalue weighted by Crippen LogP contribution is -2.29. The Bertz CT molecular complexity index is 1590. The highest BCUT2D eigenvalue weighted by molar-refractivity contribution is 7.17. The summed E-state index contributed by atoms with van der Waals surface area (Å²) in [6.45, 7) is 1.87. The molecule has 5 rings (SSSR count). The standard InChI is InChI=1S/C21H16ClN5O3S2/c1-12-4-5-15(14(22)9-12)23-17(28)11-26-21(30)27-16-6-8-32-18(16)19(29)25(20(27)24-26)10-13-3-2-7-31-13/h2-9H,10-11H2,1H3,(H,23,28). The van der Waals surface area contributed by atoms with Gasteiger partial charge >= 0.3 is 5.69 Å². The Kier molecular flexibility index (Phi) is 5.20. The zero-order chi connectivity index (χ0) is 22.4. The summed E-state index contributed by atoms with van der Waals surface area (Å²) < 4.78 is 4.38. The number of thiophene rings is 2. The van der Waals surface area contributed by atoms with Crippen molar-refractivity contribution in [3.63, 3.8) is 0 Å². The van der Waals surface area contributed by atoms with Gasteiger partial charge in [-0.25, -0.2) is 13.9 Å². The highest BCUT2D eigenvalue weighted by atomic mass is 35.5. The van der Waals surface area contributed by atoms with Crippen LogP contribution in [0.15, 0.2) is 56.7 Å². The molecule has 0 bridgehead atoms. The molecule has 0 saturated heterocycles. The number of fused-ring (bicyclic) bond motifs is 3. The summed E-state index contributed by atoms with van der Waals surface area (Å²) in [4.78, 5) is 39.8. The molecule has 4 heterocycles. The first-order valence-corrected chi connectivity index (χ1v) is 11.7. The van der Waals surface area contributed by atoms with E-state index >= 15 is 0 Å². The van der Waals surface area contributed by atoms with Crippen LogP contribution < -0.4 is 16.6 Å². The van der Waals surface area contributed by atoms with Crippen molar-refractivity contribution in [3.8, 4) is 0 Å². The number of anilines is 1. The number of benzene rings is 1. The van der Waals surface area contributed by atoms with Gasteiger partial charge < -0.3 is 5.32 Å². The number of carbonyl (C=O) groups excluding carboxylic acids is 1. The Labute approximate surface area is 193 Å². The van der Waals surface area contributed by atoms with Crippen LogP contribution >= 0.6 is 34.3 Å². The molecule has 0 radical (unpaired) electrons. The molecular weight excluding hydrogens is 470 g/mol. The first kappa shape index (κ1) is 20.7. The van der Waals surface area contributed by atoms with Gasteiger partial charge in [0.25, 0.3) is 5.56 Å². The monoisotopic (exact) mass is 485 g/mol. The van der Waals surface area contributed by atoms with E-state index < -0.39 is 11.6 Å². The molecule has 0 aliphatic rings. The van der Waals surface area contributed by atoms with Gasteiger partial charge in [-0.05, 0) is 47.5 Å². The third kappa shape index (κ3) is 3.56. The number of carbonyl (C=O) groups is 1. The summed E-state index contributed by atoms with van der Waals surface area (Å²) in [7, 11) is 0. The molecule has 0 saturated carbocycles. The molecule has 4 aromatic heterocycles. The number of hydrogen-bond donors (Lipinski definition) is 1.